The van der Waals surface area contributed by atoms with Crippen molar-refractivity contribution in [2.75, 3.05) is 13.1 Å². The number of carbonyl (C=O) groups is 2. The Bertz CT molecular complexity index is 367. The van der Waals surface area contributed by atoms with Gasteiger partial charge >= 0.3 is 0 Å². The van der Waals surface area contributed by atoms with Crippen LogP contribution >= 0.6 is 0 Å². The third-order valence-corrected chi connectivity index (χ3v) is 4.84. The summed E-state index contributed by atoms with van der Waals surface area (Å²) >= 11 is 0. The summed E-state index contributed by atoms with van der Waals surface area (Å²) in [5.41, 5.74) is 0. The zero-order valence-electron chi connectivity index (χ0n) is 13.0. The number of hydrogen-bond donors (Lipinski definition) is 1. The first kappa shape index (κ1) is 15.3. The fourth-order valence-corrected chi connectivity index (χ4v) is 3.90. The molecule has 2 aliphatic rings. The summed E-state index contributed by atoms with van der Waals surface area (Å²) in [4.78, 5) is 25.9. The highest BCUT2D eigenvalue weighted by atomic mass is 16.2. The summed E-state index contributed by atoms with van der Waals surface area (Å²) in [7, 11) is 0. The molecule has 2 aliphatic carbocycles. The molecule has 0 aromatic rings. The molecule has 0 aromatic carbocycles. The molecule has 2 rings (SSSR count). The van der Waals surface area contributed by atoms with Crippen molar-refractivity contribution in [1.82, 2.24) is 10.2 Å². The van der Waals surface area contributed by atoms with E-state index in [4.69, 9.17) is 0 Å². The van der Waals surface area contributed by atoms with E-state index in [1.807, 2.05) is 20.8 Å². The van der Waals surface area contributed by atoms with Gasteiger partial charge in [-0.25, -0.2) is 0 Å². The van der Waals surface area contributed by atoms with E-state index in [2.05, 4.69) is 5.32 Å². The van der Waals surface area contributed by atoms with Crippen LogP contribution in [-0.4, -0.2) is 35.8 Å². The number of likely N-dealkylation sites (N-methyl/N-ethyl adjacent to an activating group) is 1. The van der Waals surface area contributed by atoms with E-state index < -0.39 is 0 Å². The maximum absolute atomic E-state index is 12.4. The van der Waals surface area contributed by atoms with Gasteiger partial charge in [0.25, 0.3) is 0 Å². The predicted octanol–water partition coefficient (Wildman–Crippen LogP) is 2.19. The second-order valence-corrected chi connectivity index (χ2v) is 6.77. The Balaban J connectivity index is 1.81. The average Bonchev–Trinajstić information content (AvgIpc) is 2.97. The normalized spacial score (nSPS) is 27.9. The van der Waals surface area contributed by atoms with Crippen LogP contribution < -0.4 is 5.32 Å². The molecule has 0 saturated heterocycles. The monoisotopic (exact) mass is 280 g/mol. The highest BCUT2D eigenvalue weighted by molar-refractivity contribution is 5.85. The molecule has 2 fully saturated rings. The lowest BCUT2D eigenvalue weighted by Crippen LogP contribution is -2.43. The van der Waals surface area contributed by atoms with Gasteiger partial charge < -0.3 is 10.2 Å². The van der Waals surface area contributed by atoms with E-state index in [9.17, 15) is 9.59 Å². The summed E-state index contributed by atoms with van der Waals surface area (Å²) < 4.78 is 0. The van der Waals surface area contributed by atoms with Crippen LogP contribution in [0.4, 0.5) is 0 Å². The van der Waals surface area contributed by atoms with Gasteiger partial charge in [0, 0.05) is 19.0 Å². The van der Waals surface area contributed by atoms with E-state index in [-0.39, 0.29) is 24.4 Å². The number of carbonyl (C=O) groups excluding carboxylic acids is 2. The quantitative estimate of drug-likeness (QED) is 0.811. The minimum Gasteiger partial charge on any atom is -0.352 e. The Labute approximate surface area is 122 Å². The van der Waals surface area contributed by atoms with Crippen LogP contribution in [0.2, 0.25) is 0 Å². The van der Waals surface area contributed by atoms with Gasteiger partial charge in [0.2, 0.25) is 11.8 Å². The number of nitrogens with zero attached hydrogens (tertiary/aromatic N) is 1. The van der Waals surface area contributed by atoms with Crippen LogP contribution in [0, 0.1) is 17.8 Å². The third kappa shape index (κ3) is 3.74. The lowest BCUT2D eigenvalue weighted by atomic mass is 9.86. The summed E-state index contributed by atoms with van der Waals surface area (Å²) in [5.74, 6) is 2.32. The molecule has 3 unspecified atom stereocenters. The molecule has 114 valence electrons. The largest absolute Gasteiger partial charge is 0.352 e. The van der Waals surface area contributed by atoms with Gasteiger partial charge in [-0.2, -0.15) is 0 Å². The molecule has 0 spiro atoms. The summed E-state index contributed by atoms with van der Waals surface area (Å²) in [6.45, 7) is 6.64. The summed E-state index contributed by atoms with van der Waals surface area (Å²) in [6, 6.07) is 0.127. The third-order valence-electron chi connectivity index (χ3n) is 4.84. The Morgan fingerprint density at radius 3 is 2.50 bits per heavy atom. The lowest BCUT2D eigenvalue weighted by molar-refractivity contribution is -0.137. The van der Waals surface area contributed by atoms with Crippen LogP contribution in [0.25, 0.3) is 0 Å². The standard InChI is InChI=1S/C16H28N2O2/c1-4-18(10-15(19)17-11(2)3)16(20)9-14-8-12-5-6-13(14)7-12/h11-14H,4-10H2,1-3H3,(H,17,19). The van der Waals surface area contributed by atoms with Crippen LogP contribution in [0.3, 0.4) is 0 Å². The molecule has 1 N–H and O–H groups in total. The number of hydrogen-bond acceptors (Lipinski definition) is 2. The maximum Gasteiger partial charge on any atom is 0.239 e. The molecule has 0 radical (unpaired) electrons. The number of rotatable bonds is 6. The SMILES string of the molecule is CCN(CC(=O)NC(C)C)C(=O)CC1CC2CCC1C2. The first-order chi connectivity index (χ1) is 9.49. The van der Waals surface area contributed by atoms with Gasteiger partial charge in [0.1, 0.15) is 0 Å². The van der Waals surface area contributed by atoms with Gasteiger partial charge in [-0.15, -0.1) is 0 Å². The van der Waals surface area contributed by atoms with Gasteiger partial charge in [0.15, 0.2) is 0 Å². The van der Waals surface area contributed by atoms with Gasteiger partial charge in [-0.1, -0.05) is 6.42 Å². The van der Waals surface area contributed by atoms with Crippen LogP contribution in [0.5, 0.6) is 0 Å². The first-order valence-electron chi connectivity index (χ1n) is 8.06. The Morgan fingerprint density at radius 1 is 1.25 bits per heavy atom. The fourth-order valence-electron chi connectivity index (χ4n) is 3.90. The maximum atomic E-state index is 12.4. The van der Waals surface area contributed by atoms with E-state index in [0.717, 1.165) is 11.8 Å². The van der Waals surface area contributed by atoms with Crippen molar-refractivity contribution in [1.29, 1.82) is 0 Å². The second kappa shape index (κ2) is 6.59. The lowest BCUT2D eigenvalue weighted by Gasteiger charge is -2.26. The van der Waals surface area contributed by atoms with E-state index in [1.165, 1.54) is 25.7 Å². The van der Waals surface area contributed by atoms with E-state index >= 15 is 0 Å². The van der Waals surface area contributed by atoms with Crippen molar-refractivity contribution in [2.45, 2.75) is 58.9 Å². The molecular weight excluding hydrogens is 252 g/mol. The molecule has 20 heavy (non-hydrogen) atoms. The fraction of sp³-hybridized carbons (Fsp3) is 0.875. The number of amides is 2. The number of nitrogens with one attached hydrogen (secondary N) is 1. The molecule has 0 aromatic heterocycles. The molecule has 4 nitrogen and oxygen atoms in total. The zero-order valence-corrected chi connectivity index (χ0v) is 13.0. The summed E-state index contributed by atoms with van der Waals surface area (Å²) in [6.07, 6.45) is 5.88. The van der Waals surface area contributed by atoms with Gasteiger partial charge in [0.05, 0.1) is 6.54 Å². The molecule has 4 heteroatoms. The highest BCUT2D eigenvalue weighted by Gasteiger charge is 2.40. The summed E-state index contributed by atoms with van der Waals surface area (Å²) in [5, 5.41) is 2.85. The molecule has 0 aliphatic heterocycles. The van der Waals surface area contributed by atoms with Gasteiger partial charge in [-0.05, 0) is 57.8 Å². The van der Waals surface area contributed by atoms with Crippen molar-refractivity contribution in [3.63, 3.8) is 0 Å². The highest BCUT2D eigenvalue weighted by Crippen LogP contribution is 2.49. The van der Waals surface area contributed by atoms with Gasteiger partial charge in [-0.3, -0.25) is 9.59 Å². The van der Waals surface area contributed by atoms with Crippen molar-refractivity contribution in [3.8, 4) is 0 Å². The topological polar surface area (TPSA) is 49.4 Å². The van der Waals surface area contributed by atoms with Crippen molar-refractivity contribution < 1.29 is 9.59 Å². The predicted molar refractivity (Wildman–Crippen MR) is 79.1 cm³/mol. The second-order valence-electron chi connectivity index (χ2n) is 6.77. The van der Waals surface area contributed by atoms with Crippen LogP contribution in [0.15, 0.2) is 0 Å². The smallest absolute Gasteiger partial charge is 0.239 e. The number of fused-ring (bicyclic) bond motifs is 2. The van der Waals surface area contributed by atoms with E-state index in [0.29, 0.717) is 18.9 Å². The van der Waals surface area contributed by atoms with E-state index in [1.54, 1.807) is 4.90 Å². The van der Waals surface area contributed by atoms with Crippen LogP contribution in [0.1, 0.15) is 52.9 Å². The van der Waals surface area contributed by atoms with Crippen molar-refractivity contribution in [2.24, 2.45) is 17.8 Å². The van der Waals surface area contributed by atoms with Crippen molar-refractivity contribution >= 4 is 11.8 Å². The molecule has 2 amide bonds. The average molecular weight is 280 g/mol. The minimum atomic E-state index is -0.0526. The molecule has 2 bridgehead atoms. The Kier molecular flexibility index (Phi) is 5.06. The molecule has 0 heterocycles. The molecule has 3 atom stereocenters. The zero-order chi connectivity index (χ0) is 14.7. The minimum absolute atomic E-state index is 0.0526. The molecular formula is C16H28N2O2. The van der Waals surface area contributed by atoms with Crippen LogP contribution in [-0.2, 0) is 9.59 Å². The van der Waals surface area contributed by atoms with Crippen molar-refractivity contribution in [3.05, 3.63) is 0 Å². The Hall–Kier alpha value is -1.06. The molecule has 2 saturated carbocycles. The Morgan fingerprint density at radius 2 is 2.00 bits per heavy atom. The first-order valence-corrected chi connectivity index (χ1v) is 8.06.